The van der Waals surface area contributed by atoms with E-state index in [2.05, 4.69) is 46.7 Å². The Hall–Kier alpha value is -1.80. The van der Waals surface area contributed by atoms with E-state index in [1.165, 1.54) is 32.9 Å². The van der Waals surface area contributed by atoms with Crippen LogP contribution < -0.4 is 5.32 Å². The lowest BCUT2D eigenvalue weighted by molar-refractivity contribution is 0.765. The van der Waals surface area contributed by atoms with Crippen LogP contribution in [0.3, 0.4) is 0 Å². The number of fused-ring (bicyclic) bond motifs is 4. The van der Waals surface area contributed by atoms with Crippen LogP contribution in [-0.2, 0) is 13.1 Å². The van der Waals surface area contributed by atoms with Crippen molar-refractivity contribution in [1.29, 1.82) is 0 Å². The molecule has 3 aromatic rings. The second kappa shape index (κ2) is 2.86. The Kier molecular flexibility index (Phi) is 1.50. The summed E-state index contributed by atoms with van der Waals surface area (Å²) in [4.78, 5) is 3.48. The van der Waals surface area contributed by atoms with Crippen LogP contribution in [0.15, 0.2) is 36.4 Å². The van der Waals surface area contributed by atoms with Crippen molar-refractivity contribution in [2.45, 2.75) is 13.1 Å². The Bertz CT molecular complexity index is 694. The molecular formula is C14H12N2. The maximum absolute atomic E-state index is 3.48. The first kappa shape index (κ1) is 8.36. The zero-order valence-corrected chi connectivity index (χ0v) is 8.88. The van der Waals surface area contributed by atoms with Gasteiger partial charge in [-0.2, -0.15) is 0 Å². The molecule has 2 nitrogen and oxygen atoms in total. The lowest BCUT2D eigenvalue weighted by atomic mass is 10.1. The number of benzene rings is 2. The average molecular weight is 208 g/mol. The fraction of sp³-hybridized carbons (Fsp3) is 0.143. The number of rotatable bonds is 0. The smallest absolute Gasteiger partial charge is 0.0468 e. The van der Waals surface area contributed by atoms with Crippen LogP contribution in [0, 0.1) is 0 Å². The Morgan fingerprint density at radius 2 is 1.62 bits per heavy atom. The topological polar surface area (TPSA) is 27.8 Å². The molecule has 2 heteroatoms. The quantitative estimate of drug-likeness (QED) is 0.584. The van der Waals surface area contributed by atoms with Gasteiger partial charge in [0.15, 0.2) is 0 Å². The van der Waals surface area contributed by atoms with Gasteiger partial charge in [0.2, 0.25) is 0 Å². The number of hydrogen-bond donors (Lipinski definition) is 2. The van der Waals surface area contributed by atoms with E-state index in [-0.39, 0.29) is 0 Å². The summed E-state index contributed by atoms with van der Waals surface area (Å²) in [6, 6.07) is 13.1. The molecule has 0 atom stereocenters. The number of aromatic amines is 1. The second-order valence-electron chi connectivity index (χ2n) is 4.44. The van der Waals surface area contributed by atoms with Gasteiger partial charge in [0.1, 0.15) is 0 Å². The van der Waals surface area contributed by atoms with Gasteiger partial charge < -0.3 is 10.3 Å². The first-order chi connectivity index (χ1) is 7.92. The Balaban J connectivity index is 2.19. The van der Waals surface area contributed by atoms with Gasteiger partial charge in [-0.1, -0.05) is 18.2 Å². The van der Waals surface area contributed by atoms with Gasteiger partial charge in [-0.05, 0) is 29.3 Å². The molecule has 2 aromatic carbocycles. The summed E-state index contributed by atoms with van der Waals surface area (Å²) >= 11 is 0. The zero-order valence-electron chi connectivity index (χ0n) is 8.88. The first-order valence-corrected chi connectivity index (χ1v) is 5.65. The highest BCUT2D eigenvalue weighted by atomic mass is 14.9. The molecule has 78 valence electrons. The van der Waals surface area contributed by atoms with Crippen molar-refractivity contribution in [1.82, 2.24) is 10.3 Å². The van der Waals surface area contributed by atoms with Gasteiger partial charge in [0.05, 0.1) is 0 Å². The number of aromatic nitrogens is 1. The minimum Gasteiger partial charge on any atom is -0.355 e. The molecule has 1 aliphatic rings. The zero-order chi connectivity index (χ0) is 10.5. The lowest BCUT2D eigenvalue weighted by Crippen LogP contribution is -1.99. The van der Waals surface area contributed by atoms with Crippen molar-refractivity contribution in [2.24, 2.45) is 0 Å². The fourth-order valence-electron chi connectivity index (χ4n) is 2.65. The van der Waals surface area contributed by atoms with Crippen molar-refractivity contribution in [3.63, 3.8) is 0 Å². The largest absolute Gasteiger partial charge is 0.355 e. The molecule has 2 N–H and O–H groups in total. The van der Waals surface area contributed by atoms with Gasteiger partial charge >= 0.3 is 0 Å². The molecule has 2 heterocycles. The van der Waals surface area contributed by atoms with E-state index in [0.717, 1.165) is 13.1 Å². The minimum absolute atomic E-state index is 1.00. The summed E-state index contributed by atoms with van der Waals surface area (Å²) in [5, 5.41) is 6.06. The molecule has 0 unspecified atom stereocenters. The maximum atomic E-state index is 3.48. The summed E-state index contributed by atoms with van der Waals surface area (Å²) in [5.74, 6) is 0. The summed E-state index contributed by atoms with van der Waals surface area (Å²) in [5.41, 5.74) is 5.36. The van der Waals surface area contributed by atoms with E-state index >= 15 is 0 Å². The van der Waals surface area contributed by atoms with Crippen molar-refractivity contribution >= 4 is 21.8 Å². The molecule has 0 amide bonds. The van der Waals surface area contributed by atoms with Crippen molar-refractivity contribution in [3.8, 4) is 0 Å². The predicted molar refractivity (Wildman–Crippen MR) is 66.3 cm³/mol. The molecule has 1 aliphatic heterocycles. The molecular weight excluding hydrogens is 196 g/mol. The molecule has 0 radical (unpaired) electrons. The van der Waals surface area contributed by atoms with Gasteiger partial charge in [-0.3, -0.25) is 0 Å². The van der Waals surface area contributed by atoms with Crippen LogP contribution >= 0.6 is 0 Å². The standard InChI is InChI=1S/C14H12N2/c1-2-4-13-11(3-1)12-5-9-7-15-8-10(9)6-14(12)16-13/h1-6,15-16H,7-8H2. The molecule has 1 aromatic heterocycles. The minimum atomic E-state index is 1.00. The summed E-state index contributed by atoms with van der Waals surface area (Å²) < 4.78 is 0. The van der Waals surface area contributed by atoms with E-state index in [4.69, 9.17) is 0 Å². The third-order valence-corrected chi connectivity index (χ3v) is 3.46. The van der Waals surface area contributed by atoms with Gasteiger partial charge in [0, 0.05) is 34.9 Å². The third kappa shape index (κ3) is 0.996. The van der Waals surface area contributed by atoms with Crippen LogP contribution in [0.1, 0.15) is 11.1 Å². The number of para-hydroxylation sites is 1. The monoisotopic (exact) mass is 208 g/mol. The number of hydrogen-bond acceptors (Lipinski definition) is 1. The second-order valence-corrected chi connectivity index (χ2v) is 4.44. The molecule has 16 heavy (non-hydrogen) atoms. The molecule has 0 saturated carbocycles. The number of H-pyrrole nitrogens is 1. The number of nitrogens with one attached hydrogen (secondary N) is 2. The van der Waals surface area contributed by atoms with E-state index in [1.54, 1.807) is 0 Å². The molecule has 0 spiro atoms. The summed E-state index contributed by atoms with van der Waals surface area (Å²) in [6.07, 6.45) is 0. The third-order valence-electron chi connectivity index (χ3n) is 3.46. The molecule has 0 fully saturated rings. The molecule has 0 aliphatic carbocycles. The van der Waals surface area contributed by atoms with Crippen LogP contribution in [0.4, 0.5) is 0 Å². The predicted octanol–water partition coefficient (Wildman–Crippen LogP) is 2.92. The van der Waals surface area contributed by atoms with E-state index < -0.39 is 0 Å². The highest BCUT2D eigenvalue weighted by molar-refractivity contribution is 6.07. The first-order valence-electron chi connectivity index (χ1n) is 5.65. The highest BCUT2D eigenvalue weighted by Gasteiger charge is 2.13. The van der Waals surface area contributed by atoms with Crippen LogP contribution in [-0.4, -0.2) is 4.98 Å². The lowest BCUT2D eigenvalue weighted by Gasteiger charge is -1.97. The van der Waals surface area contributed by atoms with E-state index in [9.17, 15) is 0 Å². The summed E-state index contributed by atoms with van der Waals surface area (Å²) in [7, 11) is 0. The van der Waals surface area contributed by atoms with Gasteiger partial charge in [-0.15, -0.1) is 0 Å². The van der Waals surface area contributed by atoms with Gasteiger partial charge in [0.25, 0.3) is 0 Å². The molecule has 0 saturated heterocycles. The Labute approximate surface area is 93.3 Å². The van der Waals surface area contributed by atoms with E-state index in [1.807, 2.05) is 0 Å². The van der Waals surface area contributed by atoms with Crippen molar-refractivity contribution in [3.05, 3.63) is 47.5 Å². The fourth-order valence-corrected chi connectivity index (χ4v) is 2.65. The highest BCUT2D eigenvalue weighted by Crippen LogP contribution is 2.29. The van der Waals surface area contributed by atoms with Crippen LogP contribution in [0.5, 0.6) is 0 Å². The Morgan fingerprint density at radius 1 is 0.812 bits per heavy atom. The van der Waals surface area contributed by atoms with Crippen LogP contribution in [0.25, 0.3) is 21.8 Å². The normalized spacial score (nSPS) is 14.8. The van der Waals surface area contributed by atoms with Crippen LogP contribution in [0.2, 0.25) is 0 Å². The Morgan fingerprint density at radius 3 is 2.56 bits per heavy atom. The maximum Gasteiger partial charge on any atom is 0.0468 e. The SMILES string of the molecule is c1ccc2c(c1)[nH]c1cc3c(cc12)CNC3. The molecule has 4 rings (SSSR count). The van der Waals surface area contributed by atoms with E-state index in [0.29, 0.717) is 0 Å². The van der Waals surface area contributed by atoms with Gasteiger partial charge in [-0.25, -0.2) is 0 Å². The summed E-state index contributed by atoms with van der Waals surface area (Å²) in [6.45, 7) is 2.01. The van der Waals surface area contributed by atoms with Crippen molar-refractivity contribution in [2.75, 3.05) is 0 Å². The average Bonchev–Trinajstić information content (AvgIpc) is 2.88. The molecule has 0 bridgehead atoms. The van der Waals surface area contributed by atoms with Crippen molar-refractivity contribution < 1.29 is 0 Å².